The van der Waals surface area contributed by atoms with E-state index in [2.05, 4.69) is 34.6 Å². The molecule has 30 heavy (non-hydrogen) atoms. The van der Waals surface area contributed by atoms with E-state index in [1.807, 2.05) is 0 Å². The first-order chi connectivity index (χ1) is 14.0. The molecule has 4 fully saturated rings. The Morgan fingerprint density at radius 1 is 0.967 bits per heavy atom. The number of hydrogen-bond donors (Lipinski definition) is 2. The molecule has 4 aliphatic carbocycles. The van der Waals surface area contributed by atoms with Gasteiger partial charge >= 0.3 is 0 Å². The van der Waals surface area contributed by atoms with Gasteiger partial charge in [0, 0.05) is 4.87 Å². The van der Waals surface area contributed by atoms with E-state index in [0.29, 0.717) is 22.7 Å². The lowest BCUT2D eigenvalue weighted by molar-refractivity contribution is -0.132. The Hall–Kier alpha value is 0.210. The summed E-state index contributed by atoms with van der Waals surface area (Å²) >= 11 is 6.41. The number of aliphatic hydroxyl groups excluding tert-OH is 2. The highest BCUT2D eigenvalue weighted by Crippen LogP contribution is 2.68. The summed E-state index contributed by atoms with van der Waals surface area (Å²) in [4.78, 5) is -0.220. The third-order valence-electron chi connectivity index (χ3n) is 11.0. The van der Waals surface area contributed by atoms with Crippen LogP contribution >= 0.6 is 11.6 Å². The van der Waals surface area contributed by atoms with Gasteiger partial charge in [-0.2, -0.15) is 0 Å². The lowest BCUT2D eigenvalue weighted by Gasteiger charge is -2.61. The van der Waals surface area contributed by atoms with Crippen LogP contribution in [-0.2, 0) is 0 Å². The summed E-state index contributed by atoms with van der Waals surface area (Å²) in [7, 11) is 0. The number of rotatable bonds is 5. The number of alkyl halides is 1. The average molecular weight is 439 g/mol. The Morgan fingerprint density at radius 3 is 2.33 bits per heavy atom. The minimum Gasteiger partial charge on any atom is -0.393 e. The molecule has 0 aromatic carbocycles. The van der Waals surface area contributed by atoms with Gasteiger partial charge in [0.1, 0.15) is 0 Å². The molecule has 1 unspecified atom stereocenters. The van der Waals surface area contributed by atoms with Crippen molar-refractivity contribution in [3.8, 4) is 0 Å². The summed E-state index contributed by atoms with van der Waals surface area (Å²) in [6, 6.07) is 0. The molecule has 0 radical (unpaired) electrons. The standard InChI is InChI=1S/C27H47ClO2/c1-17(24(30)12-13-25(2,3)28)21-8-9-22-20-7-6-18-16-19(29)10-14-26(18,4)23(20)11-15-27(21,22)5/h17-24,29-30H,6-16H2,1-5H3/t17-,18?,19-,20-,21+,22-,23-,24-,26-,27+/m0/s1. The van der Waals surface area contributed by atoms with Gasteiger partial charge in [-0.25, -0.2) is 0 Å². The van der Waals surface area contributed by atoms with E-state index in [1.165, 1.54) is 44.9 Å². The number of aliphatic hydroxyl groups is 2. The minimum atomic E-state index is -0.227. The van der Waals surface area contributed by atoms with Gasteiger partial charge in [0.2, 0.25) is 0 Å². The number of fused-ring (bicyclic) bond motifs is 5. The van der Waals surface area contributed by atoms with Crippen LogP contribution < -0.4 is 0 Å². The maximum atomic E-state index is 11.0. The lowest BCUT2D eigenvalue weighted by Crippen LogP contribution is -2.54. The molecule has 0 bridgehead atoms. The van der Waals surface area contributed by atoms with Gasteiger partial charge in [0.15, 0.2) is 0 Å². The largest absolute Gasteiger partial charge is 0.393 e. The maximum Gasteiger partial charge on any atom is 0.0569 e. The molecule has 10 atom stereocenters. The van der Waals surface area contributed by atoms with Gasteiger partial charge in [-0.3, -0.25) is 0 Å². The van der Waals surface area contributed by atoms with Crippen molar-refractivity contribution in [1.29, 1.82) is 0 Å². The van der Waals surface area contributed by atoms with E-state index < -0.39 is 0 Å². The van der Waals surface area contributed by atoms with Crippen LogP contribution in [0, 0.1) is 46.3 Å². The van der Waals surface area contributed by atoms with Gasteiger partial charge in [0.25, 0.3) is 0 Å². The molecule has 0 aliphatic heterocycles. The number of hydrogen-bond acceptors (Lipinski definition) is 2. The van der Waals surface area contributed by atoms with E-state index in [0.717, 1.165) is 49.4 Å². The van der Waals surface area contributed by atoms with Crippen LogP contribution in [0.25, 0.3) is 0 Å². The quantitative estimate of drug-likeness (QED) is 0.463. The third-order valence-corrected chi connectivity index (χ3v) is 11.2. The summed E-state index contributed by atoms with van der Waals surface area (Å²) in [5.41, 5.74) is 0.855. The summed E-state index contributed by atoms with van der Waals surface area (Å²) in [5, 5.41) is 21.3. The summed E-state index contributed by atoms with van der Waals surface area (Å²) in [6.07, 6.45) is 12.8. The van der Waals surface area contributed by atoms with Crippen molar-refractivity contribution < 1.29 is 10.2 Å². The molecule has 174 valence electrons. The first-order valence-corrected chi connectivity index (χ1v) is 13.4. The average Bonchev–Trinajstić information content (AvgIpc) is 3.02. The van der Waals surface area contributed by atoms with Crippen LogP contribution in [0.15, 0.2) is 0 Å². The zero-order chi connectivity index (χ0) is 21.9. The highest BCUT2D eigenvalue weighted by Gasteiger charge is 2.60. The molecule has 0 aromatic heterocycles. The Kier molecular flexibility index (Phi) is 6.40. The monoisotopic (exact) mass is 438 g/mol. The SMILES string of the molecule is C[C@@H]([C@H]1CC[C@H]2[C@@H]3CCC4C[C@@H](O)CC[C@]4(C)[C@H]3CC[C@]12C)[C@@H](O)CCC(C)(C)Cl. The topological polar surface area (TPSA) is 40.5 Å². The molecule has 0 heterocycles. The Balaban J connectivity index is 1.47. The van der Waals surface area contributed by atoms with Gasteiger partial charge in [-0.05, 0) is 131 Å². The molecular weight excluding hydrogens is 392 g/mol. The molecule has 4 saturated carbocycles. The van der Waals surface area contributed by atoms with Crippen LogP contribution in [0.2, 0.25) is 0 Å². The maximum absolute atomic E-state index is 11.0. The zero-order valence-corrected chi connectivity index (χ0v) is 20.9. The highest BCUT2D eigenvalue weighted by atomic mass is 35.5. The summed E-state index contributed by atoms with van der Waals surface area (Å²) < 4.78 is 0. The third kappa shape index (κ3) is 4.01. The highest BCUT2D eigenvalue weighted by molar-refractivity contribution is 6.23. The van der Waals surface area contributed by atoms with Crippen molar-refractivity contribution >= 4 is 11.6 Å². The van der Waals surface area contributed by atoms with E-state index in [1.54, 1.807) is 0 Å². The first-order valence-electron chi connectivity index (χ1n) is 13.0. The van der Waals surface area contributed by atoms with Crippen LogP contribution in [0.5, 0.6) is 0 Å². The molecule has 3 heteroatoms. The van der Waals surface area contributed by atoms with Crippen molar-refractivity contribution in [2.45, 2.75) is 122 Å². The van der Waals surface area contributed by atoms with E-state index in [-0.39, 0.29) is 17.1 Å². The second-order valence-corrected chi connectivity index (χ2v) is 14.0. The van der Waals surface area contributed by atoms with Gasteiger partial charge in [-0.1, -0.05) is 20.8 Å². The first kappa shape index (κ1) is 23.4. The fraction of sp³-hybridized carbons (Fsp3) is 1.00. The smallest absolute Gasteiger partial charge is 0.0569 e. The molecule has 0 amide bonds. The van der Waals surface area contributed by atoms with Crippen molar-refractivity contribution in [2.75, 3.05) is 0 Å². The molecule has 0 saturated heterocycles. The van der Waals surface area contributed by atoms with Gasteiger partial charge in [-0.15, -0.1) is 11.6 Å². The summed E-state index contributed by atoms with van der Waals surface area (Å²) in [5.74, 6) is 4.32. The fourth-order valence-electron chi connectivity index (χ4n) is 9.16. The number of halogens is 1. The second kappa shape index (κ2) is 8.21. The fourth-order valence-corrected chi connectivity index (χ4v) is 9.27. The predicted molar refractivity (Wildman–Crippen MR) is 126 cm³/mol. The molecule has 2 nitrogen and oxygen atoms in total. The normalized spacial score (nSPS) is 48.4. The van der Waals surface area contributed by atoms with E-state index in [4.69, 9.17) is 11.6 Å². The van der Waals surface area contributed by atoms with Gasteiger partial charge < -0.3 is 10.2 Å². The van der Waals surface area contributed by atoms with Crippen molar-refractivity contribution in [3.63, 3.8) is 0 Å². The zero-order valence-electron chi connectivity index (χ0n) is 20.2. The van der Waals surface area contributed by atoms with Crippen LogP contribution in [0.3, 0.4) is 0 Å². The molecule has 4 aliphatic rings. The molecule has 4 rings (SSSR count). The Morgan fingerprint density at radius 2 is 1.63 bits per heavy atom. The minimum absolute atomic E-state index is 0.0513. The predicted octanol–water partition coefficient (Wildman–Crippen LogP) is 6.80. The van der Waals surface area contributed by atoms with Crippen LogP contribution in [-0.4, -0.2) is 27.3 Å². The Bertz CT molecular complexity index is 614. The summed E-state index contributed by atoms with van der Waals surface area (Å²) in [6.45, 7) is 11.6. The Labute approximate surface area is 190 Å². The van der Waals surface area contributed by atoms with Crippen molar-refractivity contribution in [1.82, 2.24) is 0 Å². The second-order valence-electron chi connectivity index (χ2n) is 13.0. The van der Waals surface area contributed by atoms with Crippen molar-refractivity contribution in [2.24, 2.45) is 46.3 Å². The lowest BCUT2D eigenvalue weighted by atomic mass is 9.44. The molecule has 0 aromatic rings. The van der Waals surface area contributed by atoms with Crippen molar-refractivity contribution in [3.05, 3.63) is 0 Å². The molecule has 0 spiro atoms. The van der Waals surface area contributed by atoms with Crippen LogP contribution in [0.1, 0.15) is 105 Å². The molecule has 2 N–H and O–H groups in total. The van der Waals surface area contributed by atoms with E-state index in [9.17, 15) is 10.2 Å². The molecular formula is C27H47ClO2. The van der Waals surface area contributed by atoms with Crippen LogP contribution in [0.4, 0.5) is 0 Å². The van der Waals surface area contributed by atoms with Gasteiger partial charge in [0.05, 0.1) is 12.2 Å². The van der Waals surface area contributed by atoms with E-state index >= 15 is 0 Å².